The van der Waals surface area contributed by atoms with Crippen LogP contribution in [-0.4, -0.2) is 9.91 Å². The maximum absolute atomic E-state index is 10.9. The Morgan fingerprint density at radius 3 is 2.67 bits per heavy atom. The van der Waals surface area contributed by atoms with Gasteiger partial charge in [-0.2, -0.15) is 0 Å². The number of aromatic nitrogens is 1. The fourth-order valence-electron chi connectivity index (χ4n) is 1.42. The largest absolute Gasteiger partial charge is 0.309 e. The Balaban J connectivity index is 2.90. The van der Waals surface area contributed by atoms with E-state index < -0.39 is 4.92 Å². The molecular weight excluding hydrogens is 260 g/mol. The molecule has 5 heteroatoms. The smallest absolute Gasteiger partial charge is 0.258 e. The molecule has 1 aromatic carbocycles. The number of pyridine rings is 1. The van der Waals surface area contributed by atoms with Gasteiger partial charge in [-0.1, -0.05) is 12.1 Å². The molecule has 2 rings (SSSR count). The maximum atomic E-state index is 10.9. The van der Waals surface area contributed by atoms with Gasteiger partial charge in [0.05, 0.1) is 9.40 Å². The van der Waals surface area contributed by atoms with E-state index in [0.29, 0.717) is 9.99 Å². The van der Waals surface area contributed by atoms with Crippen molar-refractivity contribution < 1.29 is 4.92 Å². The summed E-state index contributed by atoms with van der Waals surface area (Å²) in [5.74, 6) is 0. The first-order valence-corrected chi connectivity index (χ1v) is 5.09. The molecule has 1 heterocycles. The summed E-state index contributed by atoms with van der Waals surface area (Å²) in [7, 11) is 0. The molecule has 4 nitrogen and oxygen atoms in total. The summed E-state index contributed by atoms with van der Waals surface area (Å²) in [6.45, 7) is 1.81. The number of nitro groups is 1. The minimum atomic E-state index is -0.418. The fraction of sp³-hybridized carbons (Fsp3) is 0.100. The summed E-state index contributed by atoms with van der Waals surface area (Å²) in [4.78, 5) is 14.7. The predicted molar refractivity (Wildman–Crippen MR) is 60.8 cm³/mol. The molecule has 2 aromatic rings. The van der Waals surface area contributed by atoms with E-state index in [1.165, 1.54) is 0 Å². The molecule has 0 fully saturated rings. The predicted octanol–water partition coefficient (Wildman–Crippen LogP) is 3.21. The molecule has 15 heavy (non-hydrogen) atoms. The van der Waals surface area contributed by atoms with Crippen LogP contribution in [0.2, 0.25) is 0 Å². The van der Waals surface area contributed by atoms with Crippen molar-refractivity contribution in [3.05, 3.63) is 44.5 Å². The van der Waals surface area contributed by atoms with Gasteiger partial charge in [0.25, 0.3) is 0 Å². The van der Waals surface area contributed by atoms with Gasteiger partial charge in [-0.05, 0) is 35.0 Å². The standard InChI is InChI=1S/C10H7BrN2O2/c1-6-2-3-7-4-5-8(11)10(13(14)15)9(7)12-6/h2-5H,1H3. The van der Waals surface area contributed by atoms with Crippen LogP contribution in [0.5, 0.6) is 0 Å². The number of rotatable bonds is 1. The summed E-state index contributed by atoms with van der Waals surface area (Å²) >= 11 is 3.16. The Labute approximate surface area is 94.2 Å². The van der Waals surface area contributed by atoms with Crippen molar-refractivity contribution in [3.63, 3.8) is 0 Å². The van der Waals surface area contributed by atoms with Gasteiger partial charge in [-0.3, -0.25) is 10.1 Å². The zero-order valence-electron chi connectivity index (χ0n) is 7.90. The first-order chi connectivity index (χ1) is 7.09. The number of fused-ring (bicyclic) bond motifs is 1. The van der Waals surface area contributed by atoms with Crippen molar-refractivity contribution in [2.45, 2.75) is 6.92 Å². The van der Waals surface area contributed by atoms with Crippen LogP contribution in [0.1, 0.15) is 5.69 Å². The number of nitro benzene ring substituents is 1. The molecule has 0 unspecified atom stereocenters. The molecule has 0 atom stereocenters. The topological polar surface area (TPSA) is 56.0 Å². The normalized spacial score (nSPS) is 10.5. The highest BCUT2D eigenvalue weighted by Crippen LogP contribution is 2.31. The zero-order valence-corrected chi connectivity index (χ0v) is 9.48. The van der Waals surface area contributed by atoms with Crippen LogP contribution >= 0.6 is 15.9 Å². The Morgan fingerprint density at radius 1 is 1.33 bits per heavy atom. The quantitative estimate of drug-likeness (QED) is 0.588. The Kier molecular flexibility index (Phi) is 2.40. The summed E-state index contributed by atoms with van der Waals surface area (Å²) < 4.78 is 0.457. The van der Waals surface area contributed by atoms with E-state index in [4.69, 9.17) is 0 Å². The molecule has 0 N–H and O–H groups in total. The van der Waals surface area contributed by atoms with Crippen molar-refractivity contribution >= 4 is 32.5 Å². The Bertz CT molecular complexity index is 549. The van der Waals surface area contributed by atoms with Gasteiger partial charge in [0.15, 0.2) is 0 Å². The molecule has 0 amide bonds. The maximum Gasteiger partial charge on any atom is 0.309 e. The third-order valence-corrected chi connectivity index (χ3v) is 2.75. The molecule has 0 saturated heterocycles. The number of hydrogen-bond donors (Lipinski definition) is 0. The summed E-state index contributed by atoms with van der Waals surface area (Å²) in [6, 6.07) is 7.13. The average Bonchev–Trinajstić information content (AvgIpc) is 2.16. The lowest BCUT2D eigenvalue weighted by atomic mass is 10.2. The number of hydrogen-bond acceptors (Lipinski definition) is 3. The van der Waals surface area contributed by atoms with E-state index in [0.717, 1.165) is 11.1 Å². The molecular formula is C10H7BrN2O2. The van der Waals surface area contributed by atoms with Gasteiger partial charge in [-0.25, -0.2) is 4.98 Å². The van der Waals surface area contributed by atoms with Crippen molar-refractivity contribution in [3.8, 4) is 0 Å². The molecule has 1 aromatic heterocycles. The number of benzene rings is 1. The fourth-order valence-corrected chi connectivity index (χ4v) is 1.89. The van der Waals surface area contributed by atoms with Gasteiger partial charge in [0.2, 0.25) is 0 Å². The second kappa shape index (κ2) is 3.58. The van der Waals surface area contributed by atoms with Gasteiger partial charge < -0.3 is 0 Å². The van der Waals surface area contributed by atoms with Crippen molar-refractivity contribution in [1.82, 2.24) is 4.98 Å². The lowest BCUT2D eigenvalue weighted by Gasteiger charge is -2.01. The van der Waals surface area contributed by atoms with Crippen molar-refractivity contribution in [2.75, 3.05) is 0 Å². The van der Waals surface area contributed by atoms with Crippen LogP contribution < -0.4 is 0 Å². The van der Waals surface area contributed by atoms with Crippen LogP contribution in [0.15, 0.2) is 28.7 Å². The number of halogens is 1. The molecule has 0 spiro atoms. The highest BCUT2D eigenvalue weighted by molar-refractivity contribution is 9.10. The Hall–Kier alpha value is -1.49. The third kappa shape index (κ3) is 1.70. The van der Waals surface area contributed by atoms with Gasteiger partial charge in [0.1, 0.15) is 5.52 Å². The van der Waals surface area contributed by atoms with E-state index in [-0.39, 0.29) is 5.69 Å². The molecule has 0 aliphatic carbocycles. The Morgan fingerprint density at radius 2 is 2.00 bits per heavy atom. The van der Waals surface area contributed by atoms with Crippen LogP contribution in [-0.2, 0) is 0 Å². The minimum absolute atomic E-state index is 0.0243. The SMILES string of the molecule is Cc1ccc2ccc(Br)c([N+](=O)[O-])c2n1. The monoisotopic (exact) mass is 266 g/mol. The van der Waals surface area contributed by atoms with Crippen molar-refractivity contribution in [1.29, 1.82) is 0 Å². The molecule has 0 saturated carbocycles. The lowest BCUT2D eigenvalue weighted by Crippen LogP contribution is -1.94. The van der Waals surface area contributed by atoms with E-state index >= 15 is 0 Å². The molecule has 76 valence electrons. The highest BCUT2D eigenvalue weighted by Gasteiger charge is 2.17. The number of nitrogens with zero attached hydrogens (tertiary/aromatic N) is 2. The first kappa shape index (κ1) is 10.0. The van der Waals surface area contributed by atoms with Gasteiger partial charge in [-0.15, -0.1) is 0 Å². The summed E-state index contributed by atoms with van der Waals surface area (Å²) in [6.07, 6.45) is 0. The molecule has 0 radical (unpaired) electrons. The molecule has 0 bridgehead atoms. The van der Waals surface area contributed by atoms with Crippen molar-refractivity contribution in [2.24, 2.45) is 0 Å². The van der Waals surface area contributed by atoms with Crippen LogP contribution in [0.3, 0.4) is 0 Å². The lowest BCUT2D eigenvalue weighted by molar-refractivity contribution is -0.384. The zero-order chi connectivity index (χ0) is 11.0. The van der Waals surface area contributed by atoms with E-state index in [1.807, 2.05) is 19.1 Å². The van der Waals surface area contributed by atoms with Gasteiger partial charge in [0, 0.05) is 11.1 Å². The second-order valence-electron chi connectivity index (χ2n) is 3.18. The van der Waals surface area contributed by atoms with E-state index in [9.17, 15) is 10.1 Å². The van der Waals surface area contributed by atoms with Crippen LogP contribution in [0, 0.1) is 17.0 Å². The second-order valence-corrected chi connectivity index (χ2v) is 4.03. The number of aryl methyl sites for hydroxylation is 1. The average molecular weight is 267 g/mol. The highest BCUT2D eigenvalue weighted by atomic mass is 79.9. The summed E-state index contributed by atoms with van der Waals surface area (Å²) in [5, 5.41) is 11.7. The minimum Gasteiger partial charge on any atom is -0.258 e. The molecule has 0 aliphatic heterocycles. The van der Waals surface area contributed by atoms with E-state index in [2.05, 4.69) is 20.9 Å². The third-order valence-electron chi connectivity index (χ3n) is 2.11. The van der Waals surface area contributed by atoms with Gasteiger partial charge >= 0.3 is 5.69 Å². The summed E-state index contributed by atoms with van der Waals surface area (Å²) in [5.41, 5.74) is 1.22. The van der Waals surface area contributed by atoms with E-state index in [1.54, 1.807) is 12.1 Å². The van der Waals surface area contributed by atoms with Crippen LogP contribution in [0.4, 0.5) is 5.69 Å². The van der Waals surface area contributed by atoms with Crippen LogP contribution in [0.25, 0.3) is 10.9 Å². The molecule has 0 aliphatic rings. The first-order valence-electron chi connectivity index (χ1n) is 4.30.